The zero-order chi connectivity index (χ0) is 16.8. The fraction of sp³-hybridized carbons (Fsp3) is 0.250. The van der Waals surface area contributed by atoms with Crippen molar-refractivity contribution in [3.8, 4) is 6.07 Å². The molecule has 1 aromatic heterocycles. The topological polar surface area (TPSA) is 109 Å². The number of nitrogens with one attached hydrogen (secondary N) is 1. The van der Waals surface area contributed by atoms with E-state index in [1.807, 2.05) is 13.0 Å². The lowest BCUT2D eigenvalue weighted by atomic mass is 10.1. The summed E-state index contributed by atoms with van der Waals surface area (Å²) in [5, 5.41) is 11.1. The van der Waals surface area contributed by atoms with Gasteiger partial charge in [0.1, 0.15) is 5.58 Å². The Hall–Kier alpha value is -3.14. The molecule has 0 radical (unpaired) electrons. The highest BCUT2D eigenvalue weighted by Crippen LogP contribution is 2.14. The number of carbonyl (C=O) groups is 2. The summed E-state index contributed by atoms with van der Waals surface area (Å²) >= 11 is 0. The van der Waals surface area contributed by atoms with Crippen molar-refractivity contribution in [1.82, 2.24) is 5.32 Å². The molecule has 0 saturated carbocycles. The highest BCUT2D eigenvalue weighted by atomic mass is 16.5. The lowest BCUT2D eigenvalue weighted by Gasteiger charge is -2.05. The number of carbonyl (C=O) groups excluding carboxylic acids is 2. The Morgan fingerprint density at radius 1 is 1.35 bits per heavy atom. The summed E-state index contributed by atoms with van der Waals surface area (Å²) < 4.78 is 10.1. The van der Waals surface area contributed by atoms with Gasteiger partial charge in [0.05, 0.1) is 17.9 Å². The molecule has 1 heterocycles. The van der Waals surface area contributed by atoms with E-state index in [0.29, 0.717) is 5.39 Å². The molecule has 1 amide bonds. The van der Waals surface area contributed by atoms with Crippen LogP contribution in [-0.2, 0) is 9.53 Å². The monoisotopic (exact) mass is 314 g/mol. The maximum atomic E-state index is 12.0. The van der Waals surface area contributed by atoms with Crippen LogP contribution in [-0.4, -0.2) is 25.0 Å². The zero-order valence-corrected chi connectivity index (χ0v) is 12.4. The van der Waals surface area contributed by atoms with Crippen LogP contribution < -0.4 is 10.7 Å². The first-order chi connectivity index (χ1) is 11.0. The number of ether oxygens (including phenoxy) is 1. The molecule has 0 spiro atoms. The van der Waals surface area contributed by atoms with Gasteiger partial charge in [-0.3, -0.25) is 9.59 Å². The van der Waals surface area contributed by atoms with Crippen molar-refractivity contribution in [2.75, 3.05) is 13.2 Å². The third kappa shape index (κ3) is 4.17. The van der Waals surface area contributed by atoms with Gasteiger partial charge in [-0.05, 0) is 19.1 Å². The Labute approximate surface area is 131 Å². The van der Waals surface area contributed by atoms with E-state index in [0.717, 1.165) is 11.6 Å². The number of nitrogens with zero attached hydrogens (tertiary/aromatic N) is 1. The maximum absolute atomic E-state index is 12.0. The number of amides is 1. The summed E-state index contributed by atoms with van der Waals surface area (Å²) in [5.41, 5.74) is 0.808. The van der Waals surface area contributed by atoms with E-state index in [9.17, 15) is 14.4 Å². The van der Waals surface area contributed by atoms with Crippen molar-refractivity contribution >= 4 is 22.8 Å². The summed E-state index contributed by atoms with van der Waals surface area (Å²) in [4.78, 5) is 35.2. The second-order valence-corrected chi connectivity index (χ2v) is 4.81. The molecular weight excluding hydrogens is 300 g/mol. The molecule has 0 saturated heterocycles. The van der Waals surface area contributed by atoms with Crippen LogP contribution in [0.4, 0.5) is 0 Å². The van der Waals surface area contributed by atoms with Gasteiger partial charge in [0, 0.05) is 12.6 Å². The first-order valence-electron chi connectivity index (χ1n) is 6.86. The minimum absolute atomic E-state index is 0.165. The third-order valence-electron chi connectivity index (χ3n) is 2.98. The minimum atomic E-state index is -0.903. The first-order valence-corrected chi connectivity index (χ1v) is 6.86. The van der Waals surface area contributed by atoms with Crippen LogP contribution in [0.25, 0.3) is 11.0 Å². The van der Waals surface area contributed by atoms with E-state index in [2.05, 4.69) is 5.32 Å². The van der Waals surface area contributed by atoms with E-state index >= 15 is 0 Å². The van der Waals surface area contributed by atoms with E-state index < -0.39 is 18.5 Å². The molecule has 0 aliphatic heterocycles. The highest BCUT2D eigenvalue weighted by molar-refractivity contribution is 5.90. The van der Waals surface area contributed by atoms with Gasteiger partial charge in [-0.25, -0.2) is 4.79 Å². The number of aryl methyl sites for hydroxylation is 1. The van der Waals surface area contributed by atoms with Crippen LogP contribution in [0.5, 0.6) is 0 Å². The van der Waals surface area contributed by atoms with Crippen LogP contribution in [0.15, 0.2) is 33.5 Å². The Balaban J connectivity index is 2.07. The molecule has 2 aromatic rings. The smallest absolute Gasteiger partial charge is 0.374 e. The summed E-state index contributed by atoms with van der Waals surface area (Å²) in [6.07, 6.45) is 0.165. The molecular formula is C16H14N2O5. The van der Waals surface area contributed by atoms with Gasteiger partial charge in [0.2, 0.25) is 5.76 Å². The van der Waals surface area contributed by atoms with Crippen LogP contribution in [0.2, 0.25) is 0 Å². The number of nitriles is 1. The lowest BCUT2D eigenvalue weighted by Crippen LogP contribution is -2.29. The van der Waals surface area contributed by atoms with Crippen LogP contribution in [0.3, 0.4) is 0 Å². The largest absolute Gasteiger partial charge is 0.450 e. The van der Waals surface area contributed by atoms with Gasteiger partial charge in [-0.2, -0.15) is 5.26 Å². The molecule has 0 aliphatic rings. The highest BCUT2D eigenvalue weighted by Gasteiger charge is 2.15. The van der Waals surface area contributed by atoms with E-state index in [-0.39, 0.29) is 29.7 Å². The van der Waals surface area contributed by atoms with E-state index in [1.165, 1.54) is 0 Å². The molecule has 1 aromatic carbocycles. The van der Waals surface area contributed by atoms with Gasteiger partial charge >= 0.3 is 5.97 Å². The molecule has 118 valence electrons. The maximum Gasteiger partial charge on any atom is 0.374 e. The van der Waals surface area contributed by atoms with Crippen molar-refractivity contribution in [2.24, 2.45) is 0 Å². The van der Waals surface area contributed by atoms with Crippen molar-refractivity contribution in [3.63, 3.8) is 0 Å². The number of fused-ring (bicyclic) bond motifs is 1. The molecule has 7 nitrogen and oxygen atoms in total. The molecule has 2 rings (SSSR count). The number of benzene rings is 1. The summed E-state index contributed by atoms with van der Waals surface area (Å²) in [6.45, 7) is 1.50. The van der Waals surface area contributed by atoms with Gasteiger partial charge in [0.25, 0.3) is 5.91 Å². The van der Waals surface area contributed by atoms with E-state index in [1.54, 1.807) is 18.2 Å². The third-order valence-corrected chi connectivity index (χ3v) is 2.98. The normalized spacial score (nSPS) is 10.1. The first kappa shape index (κ1) is 16.2. The molecule has 0 unspecified atom stereocenters. The van der Waals surface area contributed by atoms with Crippen LogP contribution in [0.1, 0.15) is 22.5 Å². The van der Waals surface area contributed by atoms with Crippen molar-refractivity contribution in [1.29, 1.82) is 5.26 Å². The molecule has 7 heteroatoms. The number of rotatable bonds is 5. The van der Waals surface area contributed by atoms with Crippen molar-refractivity contribution in [3.05, 3.63) is 45.8 Å². The second-order valence-electron chi connectivity index (χ2n) is 4.81. The number of hydrogen-bond donors (Lipinski definition) is 1. The van der Waals surface area contributed by atoms with E-state index in [4.69, 9.17) is 14.4 Å². The van der Waals surface area contributed by atoms with Gasteiger partial charge < -0.3 is 14.5 Å². The molecule has 23 heavy (non-hydrogen) atoms. The van der Waals surface area contributed by atoms with Crippen molar-refractivity contribution in [2.45, 2.75) is 13.3 Å². The molecule has 1 N–H and O–H groups in total. The fourth-order valence-electron chi connectivity index (χ4n) is 1.88. The predicted octanol–water partition coefficient (Wildman–Crippen LogP) is 1.29. The lowest BCUT2D eigenvalue weighted by molar-refractivity contribution is -0.124. The van der Waals surface area contributed by atoms with Gasteiger partial charge in [-0.15, -0.1) is 0 Å². The molecule has 0 aliphatic carbocycles. The summed E-state index contributed by atoms with van der Waals surface area (Å²) in [7, 11) is 0. The predicted molar refractivity (Wildman–Crippen MR) is 80.7 cm³/mol. The average molecular weight is 314 g/mol. The fourth-order valence-corrected chi connectivity index (χ4v) is 1.88. The Kier molecular flexibility index (Phi) is 5.10. The second kappa shape index (κ2) is 7.22. The Morgan fingerprint density at radius 3 is 2.87 bits per heavy atom. The van der Waals surface area contributed by atoms with Crippen LogP contribution >= 0.6 is 0 Å². The standard InChI is InChI=1S/C16H14N2O5/c1-10-3-4-13-11(7-10)12(19)8-14(23-13)16(21)22-9-15(20)18-6-2-5-17/h3-4,7-8H,2,6,9H2,1H3,(H,18,20). The number of hydrogen-bond acceptors (Lipinski definition) is 6. The van der Waals surface area contributed by atoms with Gasteiger partial charge in [-0.1, -0.05) is 11.6 Å². The number of esters is 1. The SMILES string of the molecule is Cc1ccc2oc(C(=O)OCC(=O)NCCC#N)cc(=O)c2c1. The molecule has 0 bridgehead atoms. The molecule has 0 fully saturated rings. The minimum Gasteiger partial charge on any atom is -0.450 e. The quantitative estimate of drug-likeness (QED) is 0.658. The van der Waals surface area contributed by atoms with Crippen LogP contribution in [0, 0.1) is 18.3 Å². The zero-order valence-electron chi connectivity index (χ0n) is 12.4. The Bertz CT molecular complexity index is 848. The van der Waals surface area contributed by atoms with Gasteiger partial charge in [0.15, 0.2) is 12.0 Å². The van der Waals surface area contributed by atoms with Crippen molar-refractivity contribution < 1.29 is 18.7 Å². The molecule has 0 atom stereocenters. The summed E-state index contributed by atoms with van der Waals surface area (Å²) in [6, 6.07) is 7.92. The average Bonchev–Trinajstić information content (AvgIpc) is 2.53. The summed E-state index contributed by atoms with van der Waals surface area (Å²) in [5.74, 6) is -1.71. The Morgan fingerprint density at radius 2 is 2.13 bits per heavy atom.